The number of Topliss-reactive ketones (excluding diaryl/α,β-unsaturated/α-hetero) is 1. The van der Waals surface area contributed by atoms with Crippen molar-refractivity contribution >= 4 is 17.3 Å². The Balaban J connectivity index is 1.76. The molecule has 0 N–H and O–H groups in total. The minimum Gasteiger partial charge on any atom is -0.496 e. The largest absolute Gasteiger partial charge is 0.496 e. The first kappa shape index (κ1) is 23.3. The first-order valence-electron chi connectivity index (χ1n) is 10.6. The van der Waals surface area contributed by atoms with Gasteiger partial charge in [-0.05, 0) is 62.2 Å². The van der Waals surface area contributed by atoms with Crippen molar-refractivity contribution in [2.45, 2.75) is 26.4 Å². The fourth-order valence-corrected chi connectivity index (χ4v) is 4.13. The van der Waals surface area contributed by atoms with Gasteiger partial charge >= 0.3 is 6.18 Å². The fraction of sp³-hybridized carbons (Fsp3) is 0.185. The van der Waals surface area contributed by atoms with Gasteiger partial charge in [-0.15, -0.1) is 0 Å². The Hall–Kier alpha value is -3.87. The molecule has 34 heavy (non-hydrogen) atoms. The van der Waals surface area contributed by atoms with Crippen LogP contribution in [-0.2, 0) is 6.18 Å². The maximum atomic E-state index is 13.4. The number of halogens is 3. The molecule has 2 aromatic carbocycles. The van der Waals surface area contributed by atoms with Crippen molar-refractivity contribution in [2.75, 3.05) is 7.11 Å². The van der Waals surface area contributed by atoms with E-state index < -0.39 is 17.5 Å². The van der Waals surface area contributed by atoms with Crippen LogP contribution in [0.3, 0.4) is 0 Å². The van der Waals surface area contributed by atoms with E-state index in [0.717, 1.165) is 29.3 Å². The Morgan fingerprint density at radius 3 is 2.38 bits per heavy atom. The normalized spacial score (nSPS) is 13.5. The van der Waals surface area contributed by atoms with Crippen LogP contribution in [0.25, 0.3) is 5.70 Å². The maximum Gasteiger partial charge on any atom is 0.416 e. The number of nitrogens with zero attached hydrogens (tertiary/aromatic N) is 1. The molecule has 0 unspecified atom stereocenters. The van der Waals surface area contributed by atoms with E-state index in [0.29, 0.717) is 23.3 Å². The van der Waals surface area contributed by atoms with Crippen molar-refractivity contribution in [2.24, 2.45) is 0 Å². The predicted octanol–water partition coefficient (Wildman–Crippen LogP) is 6.42. The molecular weight excluding hydrogens is 443 g/mol. The number of carbonyl (C=O) groups is 2. The molecule has 0 fully saturated rings. The Kier molecular flexibility index (Phi) is 6.04. The lowest BCUT2D eigenvalue weighted by Gasteiger charge is -2.15. The number of hydrogen-bond acceptors (Lipinski definition) is 3. The van der Waals surface area contributed by atoms with Crippen LogP contribution >= 0.6 is 0 Å². The predicted molar refractivity (Wildman–Crippen MR) is 123 cm³/mol. The van der Waals surface area contributed by atoms with Gasteiger partial charge in [0.05, 0.1) is 29.6 Å². The Bertz CT molecular complexity index is 1360. The molecule has 3 aromatic rings. The SMILES string of the molecule is COc1cc(C(F)(F)F)ccc1C(=O)c1cccn1C1=C(C(=O)c2ccc(C)cc2C)CC=C1. The first-order valence-corrected chi connectivity index (χ1v) is 10.6. The van der Waals surface area contributed by atoms with E-state index >= 15 is 0 Å². The van der Waals surface area contributed by atoms with E-state index in [1.54, 1.807) is 35.0 Å². The molecule has 0 saturated heterocycles. The average Bonchev–Trinajstić information content (AvgIpc) is 3.46. The summed E-state index contributed by atoms with van der Waals surface area (Å²) < 4.78 is 46.0. The van der Waals surface area contributed by atoms with Crippen molar-refractivity contribution in [3.8, 4) is 5.75 Å². The van der Waals surface area contributed by atoms with Gasteiger partial charge in [0, 0.05) is 17.3 Å². The molecule has 4 rings (SSSR count). The standard InChI is InChI=1S/C27H22F3NO3/c1-16-9-11-19(17(2)14-16)25(32)20-6-4-7-22(20)31-13-5-8-23(31)26(33)21-12-10-18(27(28,29)30)15-24(21)34-3/h4-5,7-15H,6H2,1-3H3. The van der Waals surface area contributed by atoms with Gasteiger partial charge in [-0.25, -0.2) is 0 Å². The van der Waals surface area contributed by atoms with E-state index in [1.165, 1.54) is 7.11 Å². The van der Waals surface area contributed by atoms with Crippen molar-refractivity contribution in [3.63, 3.8) is 0 Å². The van der Waals surface area contributed by atoms with Crippen molar-refractivity contribution in [1.29, 1.82) is 0 Å². The molecular formula is C27H22F3NO3. The number of carbonyl (C=O) groups excluding carboxylic acids is 2. The van der Waals surface area contributed by atoms with E-state index in [4.69, 9.17) is 4.74 Å². The molecule has 0 atom stereocenters. The molecule has 1 heterocycles. The lowest BCUT2D eigenvalue weighted by molar-refractivity contribution is -0.137. The molecule has 174 valence electrons. The second kappa shape index (κ2) is 8.82. The molecule has 1 aliphatic carbocycles. The van der Waals surface area contributed by atoms with Crippen molar-refractivity contribution < 1.29 is 27.5 Å². The Labute approximate surface area is 195 Å². The van der Waals surface area contributed by atoms with Crippen LogP contribution in [0.5, 0.6) is 5.75 Å². The van der Waals surface area contributed by atoms with Gasteiger partial charge in [0.25, 0.3) is 0 Å². The summed E-state index contributed by atoms with van der Waals surface area (Å²) in [6.45, 7) is 3.83. The third-order valence-electron chi connectivity index (χ3n) is 5.82. The monoisotopic (exact) mass is 465 g/mol. The summed E-state index contributed by atoms with van der Waals surface area (Å²) in [5.41, 5.74) is 2.91. The number of ether oxygens (including phenoxy) is 1. The smallest absolute Gasteiger partial charge is 0.416 e. The molecule has 0 bridgehead atoms. The highest BCUT2D eigenvalue weighted by Crippen LogP contribution is 2.35. The molecule has 7 heteroatoms. The minimum atomic E-state index is -4.56. The van der Waals surface area contributed by atoms with Crippen LogP contribution in [-0.4, -0.2) is 23.2 Å². The second-order valence-electron chi connectivity index (χ2n) is 8.12. The van der Waals surface area contributed by atoms with Crippen LogP contribution < -0.4 is 4.74 Å². The third-order valence-corrected chi connectivity index (χ3v) is 5.82. The second-order valence-corrected chi connectivity index (χ2v) is 8.12. The number of benzene rings is 2. The number of allylic oxidation sites excluding steroid dienone is 4. The summed E-state index contributed by atoms with van der Waals surface area (Å²) >= 11 is 0. The lowest BCUT2D eigenvalue weighted by Crippen LogP contribution is -2.14. The molecule has 0 saturated carbocycles. The summed E-state index contributed by atoms with van der Waals surface area (Å²) in [5.74, 6) is -0.812. The highest BCUT2D eigenvalue weighted by atomic mass is 19.4. The van der Waals surface area contributed by atoms with Gasteiger partial charge < -0.3 is 9.30 Å². The summed E-state index contributed by atoms with van der Waals surface area (Å²) in [6.07, 6.45) is 1.13. The summed E-state index contributed by atoms with van der Waals surface area (Å²) in [7, 11) is 1.22. The fourth-order valence-electron chi connectivity index (χ4n) is 4.13. The van der Waals surface area contributed by atoms with Gasteiger partial charge in [0.2, 0.25) is 5.78 Å². The number of methoxy groups -OCH3 is 1. The van der Waals surface area contributed by atoms with Gasteiger partial charge in [-0.1, -0.05) is 29.8 Å². The van der Waals surface area contributed by atoms with E-state index in [-0.39, 0.29) is 22.8 Å². The zero-order chi connectivity index (χ0) is 24.6. The quantitative estimate of drug-likeness (QED) is 0.395. The summed E-state index contributed by atoms with van der Waals surface area (Å²) in [6, 6.07) is 11.6. The molecule has 4 nitrogen and oxygen atoms in total. The number of ketones is 2. The lowest BCUT2D eigenvalue weighted by atomic mass is 9.96. The number of alkyl halides is 3. The molecule has 0 aliphatic heterocycles. The zero-order valence-electron chi connectivity index (χ0n) is 18.9. The highest BCUT2D eigenvalue weighted by Gasteiger charge is 2.32. The van der Waals surface area contributed by atoms with Crippen molar-refractivity contribution in [3.05, 3.63) is 106 Å². The van der Waals surface area contributed by atoms with Crippen LogP contribution in [0, 0.1) is 13.8 Å². The molecule has 1 aliphatic rings. The Morgan fingerprint density at radius 2 is 1.71 bits per heavy atom. The van der Waals surface area contributed by atoms with Gasteiger partial charge in [-0.3, -0.25) is 9.59 Å². The molecule has 1 aromatic heterocycles. The van der Waals surface area contributed by atoms with Crippen LogP contribution in [0.1, 0.15) is 49.5 Å². The molecule has 0 radical (unpaired) electrons. The highest BCUT2D eigenvalue weighted by molar-refractivity contribution is 6.15. The van der Waals surface area contributed by atoms with Gasteiger partial charge in [-0.2, -0.15) is 13.2 Å². The molecule has 0 amide bonds. The van der Waals surface area contributed by atoms with Crippen molar-refractivity contribution in [1.82, 2.24) is 4.57 Å². The third kappa shape index (κ3) is 4.21. The van der Waals surface area contributed by atoms with E-state index in [2.05, 4.69) is 0 Å². The van der Waals surface area contributed by atoms with E-state index in [1.807, 2.05) is 32.1 Å². The summed E-state index contributed by atoms with van der Waals surface area (Å²) in [5, 5.41) is 0. The zero-order valence-corrected chi connectivity index (χ0v) is 18.9. The topological polar surface area (TPSA) is 48.3 Å². The van der Waals surface area contributed by atoms with Crippen LogP contribution in [0.2, 0.25) is 0 Å². The average molecular weight is 465 g/mol. The number of aromatic nitrogens is 1. The van der Waals surface area contributed by atoms with E-state index in [9.17, 15) is 22.8 Å². The number of aryl methyl sites for hydroxylation is 2. The Morgan fingerprint density at radius 1 is 0.971 bits per heavy atom. The summed E-state index contributed by atoms with van der Waals surface area (Å²) in [4.78, 5) is 26.7. The minimum absolute atomic E-state index is 0.000261. The molecule has 0 spiro atoms. The van der Waals surface area contributed by atoms with Gasteiger partial charge in [0.15, 0.2) is 5.78 Å². The van der Waals surface area contributed by atoms with Crippen LogP contribution in [0.15, 0.2) is 72.5 Å². The van der Waals surface area contributed by atoms with Crippen LogP contribution in [0.4, 0.5) is 13.2 Å². The maximum absolute atomic E-state index is 13.4. The number of hydrogen-bond donors (Lipinski definition) is 0. The first-order chi connectivity index (χ1) is 16.1. The van der Waals surface area contributed by atoms with Gasteiger partial charge in [0.1, 0.15) is 5.75 Å². The number of rotatable bonds is 6.